The van der Waals surface area contributed by atoms with Crippen molar-refractivity contribution >= 4 is 22.4 Å². The van der Waals surface area contributed by atoms with Crippen LogP contribution in [0, 0.1) is 0 Å². The fraction of sp³-hybridized carbons (Fsp3) is 0.200. The Morgan fingerprint density at radius 2 is 2.10 bits per heavy atom. The van der Waals surface area contributed by atoms with Crippen LogP contribution in [-0.2, 0) is 13.5 Å². The van der Waals surface area contributed by atoms with Gasteiger partial charge in [-0.15, -0.1) is 0 Å². The number of nitrogens with zero attached hydrogens (tertiary/aromatic N) is 3. The molecule has 3 rings (SSSR count). The Balaban J connectivity index is 1.95. The molecule has 3 N–H and O–H groups in total. The van der Waals surface area contributed by atoms with E-state index in [2.05, 4.69) is 38.2 Å². The highest BCUT2D eigenvalue weighted by molar-refractivity contribution is 5.94. The molecule has 3 aromatic rings. The highest BCUT2D eigenvalue weighted by Gasteiger charge is 2.07. The van der Waals surface area contributed by atoms with Gasteiger partial charge in [0.2, 0.25) is 0 Å². The van der Waals surface area contributed by atoms with Crippen LogP contribution in [-0.4, -0.2) is 21.1 Å². The quantitative estimate of drug-likeness (QED) is 0.760. The third-order valence-corrected chi connectivity index (χ3v) is 3.23. The maximum atomic E-state index is 5.54. The van der Waals surface area contributed by atoms with Crippen LogP contribution >= 0.6 is 0 Å². The second-order valence-corrected chi connectivity index (χ2v) is 4.69. The average molecular weight is 267 g/mol. The zero-order valence-electron chi connectivity index (χ0n) is 11.4. The van der Waals surface area contributed by atoms with E-state index in [1.807, 2.05) is 25.2 Å². The van der Waals surface area contributed by atoms with Gasteiger partial charge in [0.15, 0.2) is 0 Å². The molecule has 0 aliphatic carbocycles. The summed E-state index contributed by atoms with van der Waals surface area (Å²) in [5, 5.41) is 4.53. The van der Waals surface area contributed by atoms with Crippen molar-refractivity contribution in [2.45, 2.75) is 6.42 Å². The van der Waals surface area contributed by atoms with E-state index >= 15 is 0 Å². The highest BCUT2D eigenvalue weighted by Crippen LogP contribution is 2.27. The molecule has 0 aliphatic heterocycles. The SMILES string of the molecule is Cn1cc(Nc2ccnc(CCN)n2)c2ccccc21. The van der Waals surface area contributed by atoms with Crippen LogP contribution in [0.2, 0.25) is 0 Å². The average Bonchev–Trinajstić information content (AvgIpc) is 2.77. The molecule has 2 heterocycles. The monoisotopic (exact) mass is 267 g/mol. The van der Waals surface area contributed by atoms with Gasteiger partial charge in [0.05, 0.1) is 5.69 Å². The minimum Gasteiger partial charge on any atom is -0.348 e. The van der Waals surface area contributed by atoms with Gasteiger partial charge < -0.3 is 15.6 Å². The maximum Gasteiger partial charge on any atom is 0.134 e. The number of benzene rings is 1. The number of fused-ring (bicyclic) bond motifs is 1. The summed E-state index contributed by atoms with van der Waals surface area (Å²) in [4.78, 5) is 8.66. The van der Waals surface area contributed by atoms with E-state index in [0.29, 0.717) is 13.0 Å². The Kier molecular flexibility index (Phi) is 3.35. The molecule has 0 bridgehead atoms. The van der Waals surface area contributed by atoms with Gasteiger partial charge in [0.1, 0.15) is 11.6 Å². The van der Waals surface area contributed by atoms with Gasteiger partial charge in [-0.3, -0.25) is 0 Å². The fourth-order valence-corrected chi connectivity index (χ4v) is 2.30. The first kappa shape index (κ1) is 12.6. The first-order valence-electron chi connectivity index (χ1n) is 6.61. The topological polar surface area (TPSA) is 68.8 Å². The molecule has 1 aromatic carbocycles. The van der Waals surface area contributed by atoms with E-state index in [-0.39, 0.29) is 0 Å². The molecule has 0 amide bonds. The molecule has 0 saturated carbocycles. The lowest BCUT2D eigenvalue weighted by molar-refractivity contribution is 0.869. The molecule has 0 saturated heterocycles. The Bertz CT molecular complexity index is 732. The molecule has 20 heavy (non-hydrogen) atoms. The van der Waals surface area contributed by atoms with Crippen LogP contribution in [0.15, 0.2) is 42.7 Å². The molecule has 5 nitrogen and oxygen atoms in total. The Morgan fingerprint density at radius 1 is 1.25 bits per heavy atom. The zero-order valence-corrected chi connectivity index (χ0v) is 11.4. The van der Waals surface area contributed by atoms with Gasteiger partial charge in [0, 0.05) is 36.8 Å². The number of anilines is 2. The van der Waals surface area contributed by atoms with Crippen LogP contribution in [0.1, 0.15) is 5.82 Å². The van der Waals surface area contributed by atoms with E-state index in [1.54, 1.807) is 6.20 Å². The summed E-state index contributed by atoms with van der Waals surface area (Å²) in [6.45, 7) is 0.553. The highest BCUT2D eigenvalue weighted by atomic mass is 15.1. The van der Waals surface area contributed by atoms with Crippen molar-refractivity contribution in [2.75, 3.05) is 11.9 Å². The van der Waals surface area contributed by atoms with Gasteiger partial charge in [-0.25, -0.2) is 9.97 Å². The first-order valence-corrected chi connectivity index (χ1v) is 6.61. The zero-order chi connectivity index (χ0) is 13.9. The fourth-order valence-electron chi connectivity index (χ4n) is 2.30. The van der Waals surface area contributed by atoms with Gasteiger partial charge in [0.25, 0.3) is 0 Å². The summed E-state index contributed by atoms with van der Waals surface area (Å²) in [5.41, 5.74) is 7.77. The number of hydrogen-bond acceptors (Lipinski definition) is 4. The number of para-hydroxylation sites is 1. The third-order valence-electron chi connectivity index (χ3n) is 3.23. The van der Waals surface area contributed by atoms with Crippen LogP contribution in [0.25, 0.3) is 10.9 Å². The van der Waals surface area contributed by atoms with Crippen molar-refractivity contribution in [1.29, 1.82) is 0 Å². The summed E-state index contributed by atoms with van der Waals surface area (Å²) in [5.74, 6) is 1.55. The summed E-state index contributed by atoms with van der Waals surface area (Å²) < 4.78 is 2.10. The molecule has 0 aliphatic rings. The summed E-state index contributed by atoms with van der Waals surface area (Å²) in [6.07, 6.45) is 4.51. The summed E-state index contributed by atoms with van der Waals surface area (Å²) >= 11 is 0. The number of aromatic nitrogens is 3. The molecular weight excluding hydrogens is 250 g/mol. The molecule has 0 atom stereocenters. The molecular formula is C15H17N5. The van der Waals surface area contributed by atoms with E-state index in [0.717, 1.165) is 17.3 Å². The summed E-state index contributed by atoms with van der Waals surface area (Å²) in [6, 6.07) is 10.1. The predicted molar refractivity (Wildman–Crippen MR) is 81.0 cm³/mol. The lowest BCUT2D eigenvalue weighted by atomic mass is 10.2. The lowest BCUT2D eigenvalue weighted by Gasteiger charge is -2.05. The molecule has 5 heteroatoms. The van der Waals surface area contributed by atoms with Crippen molar-refractivity contribution < 1.29 is 0 Å². The van der Waals surface area contributed by atoms with Gasteiger partial charge >= 0.3 is 0 Å². The smallest absolute Gasteiger partial charge is 0.134 e. The van der Waals surface area contributed by atoms with E-state index in [4.69, 9.17) is 5.73 Å². The minimum atomic E-state index is 0.553. The Morgan fingerprint density at radius 3 is 2.95 bits per heavy atom. The number of nitrogens with one attached hydrogen (secondary N) is 1. The molecule has 0 radical (unpaired) electrons. The lowest BCUT2D eigenvalue weighted by Crippen LogP contribution is -2.07. The predicted octanol–water partition coefficient (Wildman–Crippen LogP) is 2.21. The second-order valence-electron chi connectivity index (χ2n) is 4.69. The number of aryl methyl sites for hydroxylation is 1. The van der Waals surface area contributed by atoms with E-state index in [9.17, 15) is 0 Å². The largest absolute Gasteiger partial charge is 0.348 e. The van der Waals surface area contributed by atoms with Crippen LogP contribution in [0.3, 0.4) is 0 Å². The van der Waals surface area contributed by atoms with Gasteiger partial charge in [-0.2, -0.15) is 0 Å². The Hall–Kier alpha value is -2.40. The normalized spacial score (nSPS) is 10.9. The second kappa shape index (κ2) is 5.30. The first-order chi connectivity index (χ1) is 9.78. The maximum absolute atomic E-state index is 5.54. The number of hydrogen-bond donors (Lipinski definition) is 2. The van der Waals surface area contributed by atoms with E-state index < -0.39 is 0 Å². The van der Waals surface area contributed by atoms with Crippen molar-refractivity contribution in [3.8, 4) is 0 Å². The van der Waals surface area contributed by atoms with Crippen molar-refractivity contribution in [1.82, 2.24) is 14.5 Å². The van der Waals surface area contributed by atoms with Gasteiger partial charge in [-0.1, -0.05) is 18.2 Å². The van der Waals surface area contributed by atoms with Gasteiger partial charge in [-0.05, 0) is 18.7 Å². The Labute approximate surface area is 117 Å². The molecule has 102 valence electrons. The number of rotatable bonds is 4. The van der Waals surface area contributed by atoms with E-state index in [1.165, 1.54) is 10.9 Å². The van der Waals surface area contributed by atoms with Crippen molar-refractivity contribution in [2.24, 2.45) is 12.8 Å². The standard InChI is InChI=1S/C15H17N5/c1-20-10-12(11-4-2-3-5-13(11)20)18-15-7-9-17-14(19-15)6-8-16/h2-5,7,9-10H,6,8,16H2,1H3,(H,17,18,19). The molecule has 0 spiro atoms. The van der Waals surface area contributed by atoms with Crippen molar-refractivity contribution in [3.05, 3.63) is 48.5 Å². The van der Waals surface area contributed by atoms with Crippen LogP contribution in [0.4, 0.5) is 11.5 Å². The third kappa shape index (κ3) is 2.35. The van der Waals surface area contributed by atoms with Crippen LogP contribution in [0.5, 0.6) is 0 Å². The molecule has 0 fully saturated rings. The minimum absolute atomic E-state index is 0.553. The van der Waals surface area contributed by atoms with Crippen LogP contribution < -0.4 is 11.1 Å². The molecule has 0 unspecified atom stereocenters. The van der Waals surface area contributed by atoms with Crippen molar-refractivity contribution in [3.63, 3.8) is 0 Å². The number of nitrogens with two attached hydrogens (primary N) is 1. The summed E-state index contributed by atoms with van der Waals surface area (Å²) in [7, 11) is 2.04. The molecule has 2 aromatic heterocycles.